The molecule has 6 nitrogen and oxygen atoms in total. The third-order valence-corrected chi connectivity index (χ3v) is 5.28. The zero-order chi connectivity index (χ0) is 26.9. The molecule has 0 bridgehead atoms. The molecule has 3 aromatic carbocycles. The first-order valence-corrected chi connectivity index (χ1v) is 11.2. The van der Waals surface area contributed by atoms with E-state index < -0.39 is 41.3 Å². The zero-order valence-corrected chi connectivity index (χ0v) is 20.5. The molecule has 0 spiro atoms. The minimum atomic E-state index is -5.02. The average Bonchev–Trinajstić information content (AvgIpc) is 2.77. The number of hydrogen-bond acceptors (Lipinski definition) is 6. The number of carbonyl (C=O) groups is 1. The minimum Gasteiger partial charge on any atom is -0.482 e. The largest absolute Gasteiger partial charge is 0.482 e. The molecule has 9 heteroatoms. The van der Waals surface area contributed by atoms with Crippen LogP contribution in [0.1, 0.15) is 28.0 Å². The summed E-state index contributed by atoms with van der Waals surface area (Å²) in [5.41, 5.74) is 1.99. The lowest BCUT2D eigenvalue weighted by Crippen LogP contribution is -2.18. The van der Waals surface area contributed by atoms with Crippen LogP contribution in [0, 0.1) is 27.7 Å². The van der Waals surface area contributed by atoms with Crippen LogP contribution in [0.2, 0.25) is 0 Å². The van der Waals surface area contributed by atoms with Gasteiger partial charge in [-0.25, -0.2) is 4.79 Å². The molecular formula is C28H23F3O6. The van der Waals surface area contributed by atoms with E-state index in [1.165, 1.54) is 24.3 Å². The van der Waals surface area contributed by atoms with Gasteiger partial charge >= 0.3 is 12.1 Å². The highest BCUT2D eigenvalue weighted by Gasteiger charge is 2.40. The van der Waals surface area contributed by atoms with E-state index in [-0.39, 0.29) is 16.9 Å². The topological polar surface area (TPSA) is 75.0 Å². The molecule has 0 aliphatic rings. The van der Waals surface area contributed by atoms with E-state index >= 15 is 0 Å². The van der Waals surface area contributed by atoms with Crippen molar-refractivity contribution in [2.45, 2.75) is 33.9 Å². The summed E-state index contributed by atoms with van der Waals surface area (Å²) in [5, 5.41) is -0.168. The van der Waals surface area contributed by atoms with Gasteiger partial charge in [0, 0.05) is 6.07 Å². The van der Waals surface area contributed by atoms with Crippen LogP contribution in [-0.4, -0.2) is 12.6 Å². The van der Waals surface area contributed by atoms with Crippen LogP contribution in [-0.2, 0) is 11.0 Å². The second-order valence-electron chi connectivity index (χ2n) is 8.76. The van der Waals surface area contributed by atoms with Gasteiger partial charge in [-0.05, 0) is 86.3 Å². The van der Waals surface area contributed by atoms with Crippen molar-refractivity contribution in [3.05, 3.63) is 92.8 Å². The summed E-state index contributed by atoms with van der Waals surface area (Å²) >= 11 is 0. The van der Waals surface area contributed by atoms with Gasteiger partial charge in [-0.3, -0.25) is 4.79 Å². The van der Waals surface area contributed by atoms with Gasteiger partial charge in [-0.1, -0.05) is 12.1 Å². The Kier molecular flexibility index (Phi) is 6.98. The molecule has 0 radical (unpaired) electrons. The second-order valence-corrected chi connectivity index (χ2v) is 8.76. The van der Waals surface area contributed by atoms with Crippen molar-refractivity contribution < 1.29 is 36.6 Å². The number of alkyl halides is 3. The molecule has 0 fully saturated rings. The number of ether oxygens (including phenoxy) is 3. The first kappa shape index (κ1) is 25.8. The van der Waals surface area contributed by atoms with Gasteiger partial charge in [-0.2, -0.15) is 13.2 Å². The van der Waals surface area contributed by atoms with Crippen molar-refractivity contribution in [3.8, 4) is 23.0 Å². The molecule has 0 saturated carbocycles. The molecule has 0 aliphatic heterocycles. The Bertz CT molecular complexity index is 1510. The van der Waals surface area contributed by atoms with E-state index in [1.807, 2.05) is 26.0 Å². The number of hydrogen-bond donors (Lipinski definition) is 0. The zero-order valence-electron chi connectivity index (χ0n) is 20.5. The molecule has 192 valence electrons. The van der Waals surface area contributed by atoms with E-state index in [4.69, 9.17) is 18.6 Å². The summed E-state index contributed by atoms with van der Waals surface area (Å²) in [6, 6.07) is 13.8. The normalized spacial score (nSPS) is 11.4. The van der Waals surface area contributed by atoms with Crippen LogP contribution >= 0.6 is 0 Å². The monoisotopic (exact) mass is 512 g/mol. The summed E-state index contributed by atoms with van der Waals surface area (Å²) in [6.07, 6.45) is -5.02. The van der Waals surface area contributed by atoms with Gasteiger partial charge in [-0.15, -0.1) is 0 Å². The summed E-state index contributed by atoms with van der Waals surface area (Å²) in [5.74, 6) is -2.91. The number of esters is 1. The fraction of sp³-hybridized carbons (Fsp3) is 0.214. The highest BCUT2D eigenvalue weighted by Crippen LogP contribution is 2.39. The summed E-state index contributed by atoms with van der Waals surface area (Å²) < 4.78 is 62.6. The van der Waals surface area contributed by atoms with Gasteiger partial charge in [0.2, 0.25) is 11.2 Å². The maximum absolute atomic E-state index is 13.8. The maximum Gasteiger partial charge on any atom is 0.453 e. The highest BCUT2D eigenvalue weighted by molar-refractivity contribution is 5.81. The number of aryl methyl sites for hydroxylation is 4. The Labute approximate surface area is 210 Å². The quantitative estimate of drug-likeness (QED) is 0.208. The fourth-order valence-electron chi connectivity index (χ4n) is 3.93. The summed E-state index contributed by atoms with van der Waals surface area (Å²) in [7, 11) is 0. The van der Waals surface area contributed by atoms with Crippen molar-refractivity contribution in [2.75, 3.05) is 6.61 Å². The van der Waals surface area contributed by atoms with Gasteiger partial charge in [0.25, 0.3) is 5.76 Å². The third kappa shape index (κ3) is 6.11. The Morgan fingerprint density at radius 1 is 0.811 bits per heavy atom. The summed E-state index contributed by atoms with van der Waals surface area (Å²) in [6.45, 7) is 6.84. The molecule has 4 aromatic rings. The van der Waals surface area contributed by atoms with Gasteiger partial charge in [0.1, 0.15) is 22.8 Å². The lowest BCUT2D eigenvalue weighted by atomic mass is 10.1. The van der Waals surface area contributed by atoms with Crippen molar-refractivity contribution >= 4 is 16.9 Å². The molecule has 0 atom stereocenters. The first-order valence-electron chi connectivity index (χ1n) is 11.2. The van der Waals surface area contributed by atoms with E-state index in [9.17, 15) is 22.8 Å². The minimum absolute atomic E-state index is 0.0732. The van der Waals surface area contributed by atoms with E-state index in [1.54, 1.807) is 26.0 Å². The second kappa shape index (κ2) is 10.0. The molecule has 4 rings (SSSR count). The van der Waals surface area contributed by atoms with Crippen LogP contribution in [0.25, 0.3) is 11.0 Å². The number of rotatable bonds is 6. The molecule has 1 aromatic heterocycles. The Morgan fingerprint density at radius 3 is 1.95 bits per heavy atom. The van der Waals surface area contributed by atoms with Gasteiger partial charge in [0.15, 0.2) is 6.61 Å². The number of benzene rings is 3. The molecule has 0 unspecified atom stereocenters. The fourth-order valence-corrected chi connectivity index (χ4v) is 3.93. The molecular weight excluding hydrogens is 489 g/mol. The van der Waals surface area contributed by atoms with E-state index in [2.05, 4.69) is 0 Å². The predicted molar refractivity (Wildman–Crippen MR) is 131 cm³/mol. The van der Waals surface area contributed by atoms with Crippen molar-refractivity contribution in [2.24, 2.45) is 0 Å². The van der Waals surface area contributed by atoms with Crippen LogP contribution in [0.5, 0.6) is 23.0 Å². The highest BCUT2D eigenvalue weighted by atomic mass is 19.4. The SMILES string of the molecule is Cc1cc(C)cc(OCC(=O)Oc2ccc3c(=O)c(Oc4cc(C)cc(C)c4)c(C(F)(F)F)oc3c2)c1. The van der Waals surface area contributed by atoms with E-state index in [0.717, 1.165) is 28.3 Å². The third-order valence-electron chi connectivity index (χ3n) is 5.28. The van der Waals surface area contributed by atoms with Crippen LogP contribution < -0.4 is 19.6 Å². The Hall–Kier alpha value is -4.27. The maximum atomic E-state index is 13.8. The van der Waals surface area contributed by atoms with Crippen molar-refractivity contribution in [1.29, 1.82) is 0 Å². The van der Waals surface area contributed by atoms with Crippen LogP contribution in [0.15, 0.2) is 63.8 Å². The standard InChI is InChI=1S/C28H23F3O6/c1-15-7-16(2)10-20(9-15)34-14-24(32)35-19-5-6-22-23(13-19)37-27(28(29,30)31)26(25(22)33)36-21-11-17(3)8-18(4)12-21/h5-13H,14H2,1-4H3. The molecule has 0 aliphatic carbocycles. The lowest BCUT2D eigenvalue weighted by Gasteiger charge is -2.14. The van der Waals surface area contributed by atoms with Crippen LogP contribution in [0.4, 0.5) is 13.2 Å². The smallest absolute Gasteiger partial charge is 0.453 e. The number of halogens is 3. The van der Waals surface area contributed by atoms with Crippen LogP contribution in [0.3, 0.4) is 0 Å². The lowest BCUT2D eigenvalue weighted by molar-refractivity contribution is -0.154. The van der Waals surface area contributed by atoms with Crippen molar-refractivity contribution in [1.82, 2.24) is 0 Å². The average molecular weight is 512 g/mol. The number of fused-ring (bicyclic) bond motifs is 1. The van der Waals surface area contributed by atoms with E-state index in [0.29, 0.717) is 5.75 Å². The van der Waals surface area contributed by atoms with Gasteiger partial charge in [0.05, 0.1) is 5.39 Å². The predicted octanol–water partition coefficient (Wildman–Crippen LogP) is 6.82. The molecule has 1 heterocycles. The summed E-state index contributed by atoms with van der Waals surface area (Å²) in [4.78, 5) is 25.3. The van der Waals surface area contributed by atoms with Crippen molar-refractivity contribution in [3.63, 3.8) is 0 Å². The van der Waals surface area contributed by atoms with Gasteiger partial charge < -0.3 is 18.6 Å². The molecule has 0 amide bonds. The molecule has 37 heavy (non-hydrogen) atoms. The number of carbonyl (C=O) groups excluding carboxylic acids is 1. The molecule has 0 saturated heterocycles. The Balaban J connectivity index is 1.62. The molecule has 0 N–H and O–H groups in total. The first-order chi connectivity index (χ1) is 17.4. The Morgan fingerprint density at radius 2 is 1.38 bits per heavy atom.